The van der Waals surface area contributed by atoms with Crippen LogP contribution in [0.15, 0.2) is 12.1 Å². The van der Waals surface area contributed by atoms with Gasteiger partial charge in [-0.15, -0.1) is 0 Å². The lowest BCUT2D eigenvalue weighted by atomic mass is 9.87. The molecule has 21 heavy (non-hydrogen) atoms. The molecular weight excluding hydrogens is 272 g/mol. The fourth-order valence-corrected chi connectivity index (χ4v) is 2.96. The first-order valence-corrected chi connectivity index (χ1v) is 6.98. The molecule has 3 heterocycles. The third-order valence-corrected chi connectivity index (χ3v) is 4.51. The van der Waals surface area contributed by atoms with Crippen LogP contribution >= 0.6 is 0 Å². The number of imide groups is 1. The summed E-state index contributed by atoms with van der Waals surface area (Å²) >= 11 is 0. The predicted molar refractivity (Wildman–Crippen MR) is 74.7 cm³/mol. The van der Waals surface area contributed by atoms with Gasteiger partial charge < -0.3 is 14.8 Å². The molecule has 0 bridgehead atoms. The monoisotopic (exact) mass is 290 g/mol. The van der Waals surface area contributed by atoms with Gasteiger partial charge in [0.05, 0.1) is 0 Å². The Morgan fingerprint density at radius 1 is 1.24 bits per heavy atom. The van der Waals surface area contributed by atoms with Crippen molar-refractivity contribution in [3.63, 3.8) is 0 Å². The van der Waals surface area contributed by atoms with Gasteiger partial charge in [0.25, 0.3) is 11.8 Å². The molecule has 112 valence electrons. The fourth-order valence-electron chi connectivity index (χ4n) is 2.96. The van der Waals surface area contributed by atoms with Crippen LogP contribution in [0.1, 0.15) is 29.0 Å². The standard InChI is InChI=1S/C14H18N4O3/c1-9-3-4-10(17(9)2)11(19)18-7-5-14(6-8-18)12(20)15-13(21)16-14/h3-4H,5-8H2,1-2H3,(H2,15,16,20,21). The minimum absolute atomic E-state index is 0.0369. The maximum absolute atomic E-state index is 12.5. The molecule has 3 rings (SSSR count). The number of nitrogens with zero attached hydrogens (tertiary/aromatic N) is 2. The predicted octanol–water partition coefficient (Wildman–Crippen LogP) is 0.148. The molecule has 1 spiro atoms. The van der Waals surface area contributed by atoms with Gasteiger partial charge in [0.1, 0.15) is 11.2 Å². The van der Waals surface area contributed by atoms with Gasteiger partial charge in [0.15, 0.2) is 0 Å². The molecule has 0 atom stereocenters. The van der Waals surface area contributed by atoms with Crippen LogP contribution in [0.25, 0.3) is 0 Å². The molecule has 0 unspecified atom stereocenters. The number of carbonyl (C=O) groups excluding carboxylic acids is 3. The van der Waals surface area contributed by atoms with Gasteiger partial charge in [-0.3, -0.25) is 14.9 Å². The van der Waals surface area contributed by atoms with E-state index in [4.69, 9.17) is 0 Å². The highest BCUT2D eigenvalue weighted by Crippen LogP contribution is 2.26. The van der Waals surface area contributed by atoms with E-state index >= 15 is 0 Å². The van der Waals surface area contributed by atoms with Crippen molar-refractivity contribution in [3.05, 3.63) is 23.5 Å². The van der Waals surface area contributed by atoms with Crippen molar-refractivity contribution in [2.45, 2.75) is 25.3 Å². The van der Waals surface area contributed by atoms with Crippen molar-refractivity contribution < 1.29 is 14.4 Å². The zero-order valence-corrected chi connectivity index (χ0v) is 12.1. The summed E-state index contributed by atoms with van der Waals surface area (Å²) in [6, 6.07) is 3.27. The van der Waals surface area contributed by atoms with Gasteiger partial charge in [-0.05, 0) is 31.9 Å². The van der Waals surface area contributed by atoms with Crippen LogP contribution in [-0.2, 0) is 11.8 Å². The number of nitrogens with one attached hydrogen (secondary N) is 2. The number of hydrogen-bond donors (Lipinski definition) is 2. The summed E-state index contributed by atoms with van der Waals surface area (Å²) in [5.41, 5.74) is 0.829. The van der Waals surface area contributed by atoms with Crippen LogP contribution in [0, 0.1) is 6.92 Å². The van der Waals surface area contributed by atoms with Crippen molar-refractivity contribution in [3.8, 4) is 0 Å². The highest BCUT2D eigenvalue weighted by Gasteiger charge is 2.48. The van der Waals surface area contributed by atoms with Crippen molar-refractivity contribution in [2.75, 3.05) is 13.1 Å². The minimum atomic E-state index is -0.835. The number of piperidine rings is 1. The van der Waals surface area contributed by atoms with Crippen molar-refractivity contribution in [2.24, 2.45) is 7.05 Å². The maximum Gasteiger partial charge on any atom is 0.322 e. The zero-order chi connectivity index (χ0) is 15.2. The molecule has 4 amide bonds. The molecule has 2 aliphatic rings. The van der Waals surface area contributed by atoms with Crippen LogP contribution in [-0.4, -0.2) is 45.9 Å². The topological polar surface area (TPSA) is 83.4 Å². The summed E-state index contributed by atoms with van der Waals surface area (Å²) in [4.78, 5) is 37.4. The Kier molecular flexibility index (Phi) is 3.00. The first-order chi connectivity index (χ1) is 9.93. The lowest BCUT2D eigenvalue weighted by Crippen LogP contribution is -2.55. The molecule has 1 aromatic rings. The Morgan fingerprint density at radius 2 is 1.90 bits per heavy atom. The SMILES string of the molecule is Cc1ccc(C(=O)N2CCC3(CC2)NC(=O)NC3=O)n1C. The Bertz CT molecular complexity index is 626. The second kappa shape index (κ2) is 4.61. The number of hydrogen-bond acceptors (Lipinski definition) is 3. The van der Waals surface area contributed by atoms with Crippen LogP contribution in [0.5, 0.6) is 0 Å². The first kappa shape index (κ1) is 13.7. The fraction of sp³-hybridized carbons (Fsp3) is 0.500. The molecule has 2 aliphatic heterocycles. The summed E-state index contributed by atoms with van der Waals surface area (Å²) in [5, 5.41) is 4.96. The van der Waals surface area contributed by atoms with Gasteiger partial charge in [-0.25, -0.2) is 4.79 Å². The maximum atomic E-state index is 12.5. The van der Waals surface area contributed by atoms with Gasteiger partial charge in [0, 0.05) is 25.8 Å². The van der Waals surface area contributed by atoms with Gasteiger partial charge in [-0.2, -0.15) is 0 Å². The van der Waals surface area contributed by atoms with Crippen molar-refractivity contribution in [1.29, 1.82) is 0 Å². The number of carbonyl (C=O) groups is 3. The molecule has 0 radical (unpaired) electrons. The molecule has 7 nitrogen and oxygen atoms in total. The second-order valence-electron chi connectivity index (χ2n) is 5.70. The number of likely N-dealkylation sites (tertiary alicyclic amines) is 1. The zero-order valence-electron chi connectivity index (χ0n) is 12.1. The minimum Gasteiger partial charge on any atom is -0.344 e. The summed E-state index contributed by atoms with van der Waals surface area (Å²) < 4.78 is 1.86. The molecule has 0 saturated carbocycles. The molecule has 0 aliphatic carbocycles. The van der Waals surface area contributed by atoms with E-state index in [0.29, 0.717) is 31.6 Å². The molecule has 2 N–H and O–H groups in total. The number of urea groups is 1. The van der Waals surface area contributed by atoms with Crippen LogP contribution in [0.2, 0.25) is 0 Å². The van der Waals surface area contributed by atoms with Crippen molar-refractivity contribution >= 4 is 17.8 Å². The largest absolute Gasteiger partial charge is 0.344 e. The van der Waals surface area contributed by atoms with Gasteiger partial charge >= 0.3 is 6.03 Å². The number of aryl methyl sites for hydroxylation is 1. The molecule has 1 aromatic heterocycles. The number of amides is 4. The second-order valence-corrected chi connectivity index (χ2v) is 5.70. The third-order valence-electron chi connectivity index (χ3n) is 4.51. The van der Waals surface area contributed by atoms with E-state index in [1.807, 2.05) is 30.7 Å². The van der Waals surface area contributed by atoms with Crippen LogP contribution < -0.4 is 10.6 Å². The van der Waals surface area contributed by atoms with E-state index in [1.165, 1.54) is 0 Å². The summed E-state index contributed by atoms with van der Waals surface area (Å²) in [5.74, 6) is -0.320. The Hall–Kier alpha value is -2.31. The first-order valence-electron chi connectivity index (χ1n) is 6.98. The molecule has 2 fully saturated rings. The Labute approximate surface area is 122 Å². The summed E-state index contributed by atoms with van der Waals surface area (Å²) in [7, 11) is 1.86. The quantitative estimate of drug-likeness (QED) is 0.722. The lowest BCUT2D eigenvalue weighted by Gasteiger charge is -2.37. The Balaban J connectivity index is 1.71. The molecule has 0 aromatic carbocycles. The van der Waals surface area contributed by atoms with Gasteiger partial charge in [-0.1, -0.05) is 0 Å². The molecule has 2 saturated heterocycles. The van der Waals surface area contributed by atoms with E-state index in [-0.39, 0.29) is 11.8 Å². The Morgan fingerprint density at radius 3 is 2.38 bits per heavy atom. The van der Waals surface area contributed by atoms with Crippen molar-refractivity contribution in [1.82, 2.24) is 20.1 Å². The molecule has 7 heteroatoms. The smallest absolute Gasteiger partial charge is 0.322 e. The highest BCUT2D eigenvalue weighted by atomic mass is 16.2. The average Bonchev–Trinajstić information content (AvgIpc) is 2.91. The van der Waals surface area contributed by atoms with E-state index in [1.54, 1.807) is 4.90 Å². The lowest BCUT2D eigenvalue weighted by molar-refractivity contribution is -0.125. The van der Waals surface area contributed by atoms with Crippen LogP contribution in [0.4, 0.5) is 4.79 Å². The normalized spacial score (nSPS) is 20.6. The summed E-state index contributed by atoms with van der Waals surface area (Å²) in [6.45, 7) is 2.86. The summed E-state index contributed by atoms with van der Waals surface area (Å²) in [6.07, 6.45) is 0.888. The van der Waals surface area contributed by atoms with Gasteiger partial charge in [0.2, 0.25) is 0 Å². The third kappa shape index (κ3) is 2.09. The van der Waals surface area contributed by atoms with E-state index in [0.717, 1.165) is 5.69 Å². The highest BCUT2D eigenvalue weighted by molar-refractivity contribution is 6.07. The number of aromatic nitrogens is 1. The average molecular weight is 290 g/mol. The van der Waals surface area contributed by atoms with E-state index in [9.17, 15) is 14.4 Å². The van der Waals surface area contributed by atoms with E-state index in [2.05, 4.69) is 10.6 Å². The number of rotatable bonds is 1. The van der Waals surface area contributed by atoms with E-state index < -0.39 is 11.6 Å². The molecular formula is C14H18N4O3. The van der Waals surface area contributed by atoms with Crippen LogP contribution in [0.3, 0.4) is 0 Å².